The molecule has 70 heavy (non-hydrogen) atoms. The van der Waals surface area contributed by atoms with Crippen LogP contribution in [0, 0.1) is 0 Å². The third-order valence-corrected chi connectivity index (χ3v) is 11.7. The molecule has 0 heterocycles. The van der Waals surface area contributed by atoms with Gasteiger partial charge >= 0.3 is 71.6 Å². The molecule has 6 rings (SSSR count). The molecule has 0 radical (unpaired) electrons. The minimum absolute atomic E-state index is 0.360. The van der Waals surface area contributed by atoms with Gasteiger partial charge in [-0.05, 0) is 36.4 Å². The molecule has 0 aromatic heterocycles. The van der Waals surface area contributed by atoms with E-state index in [2.05, 4.69) is 0 Å². The first-order chi connectivity index (χ1) is 32.5. The predicted molar refractivity (Wildman–Crippen MR) is 237 cm³/mol. The van der Waals surface area contributed by atoms with Crippen molar-refractivity contribution in [1.82, 2.24) is 0 Å². The van der Waals surface area contributed by atoms with Gasteiger partial charge in [0.05, 0.1) is 96.9 Å². The third kappa shape index (κ3) is 8.54. The van der Waals surface area contributed by atoms with E-state index in [4.69, 9.17) is 79.1 Å². The number of aromatic carboxylic acids is 8. The lowest BCUT2D eigenvalue weighted by atomic mass is 9.90. The lowest BCUT2D eigenvalue weighted by Gasteiger charge is -2.18. The second-order valence-corrected chi connectivity index (χ2v) is 16.2. The molecule has 356 valence electrons. The van der Waals surface area contributed by atoms with Crippen LogP contribution >= 0.6 is 69.6 Å². The van der Waals surface area contributed by atoms with Crippen LogP contribution in [0.1, 0.15) is 124 Å². The van der Waals surface area contributed by atoms with E-state index in [0.29, 0.717) is 36.4 Å². The number of halogens is 6. The summed E-state index contributed by atoms with van der Waals surface area (Å²) in [6, 6.07) is 2.72. The highest BCUT2D eigenvalue weighted by Crippen LogP contribution is 2.43. The monoisotopic (exact) mass is 1080 g/mol. The number of benzene rings is 6. The number of carboxylic acids is 8. The van der Waals surface area contributed by atoms with Crippen molar-refractivity contribution in [3.05, 3.63) is 133 Å². The standard InChI is InChI=1S/C42H14Cl6O22/c43-13-2-10(34(55)56)22-20(24(13)36(59)60)8(32(51)52)4-16(46)27(22)40(66)69-39(65)12-6-18(48)29(30-19(12)7(31(49)50)1-15(45)26(30)38(63)64)42(68)70-41(67)28-17(47)5-9(33(53)54)21-23(28)11(35(57)58)3-14(44)25(21)37(61)62/h1-6H,(H,49,50)(H,51,52)(H,53,54)(H,55,56)(H,57,58)(H,59,60)(H,61,62)(H,63,64). The molecule has 0 aliphatic heterocycles. The first kappa shape index (κ1) is 51.3. The summed E-state index contributed by atoms with van der Waals surface area (Å²) in [7, 11) is 0. The fourth-order valence-electron chi connectivity index (χ4n) is 7.32. The van der Waals surface area contributed by atoms with E-state index in [1.54, 1.807) is 0 Å². The van der Waals surface area contributed by atoms with Crippen LogP contribution in [0.5, 0.6) is 0 Å². The Labute approximate surface area is 412 Å². The number of carboxylic acid groups (broad SMARTS) is 8. The van der Waals surface area contributed by atoms with Gasteiger partial charge in [0.15, 0.2) is 0 Å². The first-order valence-corrected chi connectivity index (χ1v) is 20.2. The number of fused-ring (bicyclic) bond motifs is 3. The second-order valence-electron chi connectivity index (χ2n) is 13.7. The Morgan fingerprint density at radius 2 is 0.457 bits per heavy atom. The van der Waals surface area contributed by atoms with Crippen LogP contribution in [-0.4, -0.2) is 112 Å². The molecule has 0 atom stereocenters. The SMILES string of the molecule is O=C(O)c1cc(Cl)c(C(=O)O)c2c(C(=O)OC(=O)c3c(Cl)cc(C(=O)O)c4c(C(=O)O)c(Cl)cc(C(=O)O)c34)c(Cl)cc(C(=O)OC(=O)c3c(Cl)cc(C(=O)O)c4c(C(=O)O)c(Cl)cc(C(=O)O)c34)c12. The fraction of sp³-hybridized carbons (Fsp3) is 0. The van der Waals surface area contributed by atoms with E-state index in [0.717, 1.165) is 0 Å². The quantitative estimate of drug-likeness (QED) is 0.0419. The van der Waals surface area contributed by atoms with Crippen molar-refractivity contribution < 1.29 is 108 Å². The lowest BCUT2D eigenvalue weighted by molar-refractivity contribution is 0.0380. The molecule has 0 saturated carbocycles. The van der Waals surface area contributed by atoms with Gasteiger partial charge in [0.1, 0.15) is 0 Å². The highest BCUT2D eigenvalue weighted by atomic mass is 35.5. The van der Waals surface area contributed by atoms with Crippen molar-refractivity contribution in [3.63, 3.8) is 0 Å². The summed E-state index contributed by atoms with van der Waals surface area (Å²) in [5.74, 6) is -24.0. The van der Waals surface area contributed by atoms with Crippen LogP contribution in [0.3, 0.4) is 0 Å². The fourth-order valence-corrected chi connectivity index (χ4v) is 9.01. The largest absolute Gasteiger partial charge is 0.478 e. The number of hydrogen-bond acceptors (Lipinski definition) is 14. The molecule has 0 unspecified atom stereocenters. The third-order valence-electron chi connectivity index (χ3n) is 9.92. The van der Waals surface area contributed by atoms with Crippen LogP contribution in [0.15, 0.2) is 36.4 Å². The van der Waals surface area contributed by atoms with Gasteiger partial charge in [-0.25, -0.2) is 57.5 Å². The number of rotatable bonds is 12. The predicted octanol–water partition coefficient (Wildman–Crippen LogP) is 8.65. The summed E-state index contributed by atoms with van der Waals surface area (Å²) < 4.78 is 9.87. The number of carbonyl (C=O) groups excluding carboxylic acids is 4. The molecule has 6 aromatic rings. The maximum atomic E-state index is 14.2. The Morgan fingerprint density at radius 3 is 0.729 bits per heavy atom. The molecule has 0 aliphatic carbocycles. The molecule has 8 N–H and O–H groups in total. The van der Waals surface area contributed by atoms with E-state index in [-0.39, 0.29) is 0 Å². The minimum atomic E-state index is -2.11. The smallest absolute Gasteiger partial charge is 0.348 e. The van der Waals surface area contributed by atoms with Gasteiger partial charge in [-0.15, -0.1) is 0 Å². The molecular formula is C42H14Cl6O22. The Hall–Kier alpha value is -8.12. The highest BCUT2D eigenvalue weighted by molar-refractivity contribution is 6.44. The van der Waals surface area contributed by atoms with Gasteiger partial charge in [-0.1, -0.05) is 69.6 Å². The van der Waals surface area contributed by atoms with Crippen molar-refractivity contribution in [2.24, 2.45) is 0 Å². The van der Waals surface area contributed by atoms with Crippen LogP contribution in [-0.2, 0) is 9.47 Å². The Morgan fingerprint density at radius 1 is 0.257 bits per heavy atom. The van der Waals surface area contributed by atoms with Crippen molar-refractivity contribution in [2.45, 2.75) is 0 Å². The first-order valence-electron chi connectivity index (χ1n) is 17.9. The van der Waals surface area contributed by atoms with E-state index < -0.39 is 201 Å². The number of ether oxygens (including phenoxy) is 2. The number of carbonyl (C=O) groups is 12. The minimum Gasteiger partial charge on any atom is -0.478 e. The average Bonchev–Trinajstić information content (AvgIpc) is 3.23. The van der Waals surface area contributed by atoms with E-state index in [1.807, 2.05) is 0 Å². The van der Waals surface area contributed by atoms with Crippen molar-refractivity contribution in [2.75, 3.05) is 0 Å². The summed E-state index contributed by atoms with van der Waals surface area (Å²) in [4.78, 5) is 156. The van der Waals surface area contributed by atoms with Gasteiger partial charge in [0.2, 0.25) is 0 Å². The van der Waals surface area contributed by atoms with Crippen LogP contribution in [0.4, 0.5) is 0 Å². The van der Waals surface area contributed by atoms with E-state index in [1.165, 1.54) is 0 Å². The van der Waals surface area contributed by atoms with Gasteiger partial charge in [-0.2, -0.15) is 0 Å². The Balaban J connectivity index is 1.61. The number of esters is 4. The van der Waals surface area contributed by atoms with Crippen molar-refractivity contribution >= 4 is 174 Å². The molecule has 22 nitrogen and oxygen atoms in total. The zero-order chi connectivity index (χ0) is 52.4. The second kappa shape index (κ2) is 18.8. The summed E-state index contributed by atoms with van der Waals surface area (Å²) in [5, 5.41) is 67.9. The molecule has 0 amide bonds. The maximum absolute atomic E-state index is 14.2. The number of hydrogen-bond donors (Lipinski definition) is 8. The van der Waals surface area contributed by atoms with Gasteiger partial charge in [0.25, 0.3) is 0 Å². The molecule has 28 heteroatoms. The molecule has 0 bridgehead atoms. The van der Waals surface area contributed by atoms with Crippen molar-refractivity contribution in [3.8, 4) is 0 Å². The average molecular weight is 1080 g/mol. The van der Waals surface area contributed by atoms with E-state index in [9.17, 15) is 98.4 Å². The van der Waals surface area contributed by atoms with Crippen molar-refractivity contribution in [1.29, 1.82) is 0 Å². The van der Waals surface area contributed by atoms with Crippen LogP contribution in [0.2, 0.25) is 30.1 Å². The maximum Gasteiger partial charge on any atom is 0.348 e. The normalized spacial score (nSPS) is 11.0. The van der Waals surface area contributed by atoms with Crippen LogP contribution in [0.25, 0.3) is 32.3 Å². The Kier molecular flexibility index (Phi) is 13.7. The van der Waals surface area contributed by atoms with E-state index >= 15 is 0 Å². The van der Waals surface area contributed by atoms with Gasteiger partial charge < -0.3 is 50.3 Å². The Bertz CT molecular complexity index is 3620. The van der Waals surface area contributed by atoms with Gasteiger partial charge in [-0.3, -0.25) is 0 Å². The van der Waals surface area contributed by atoms with Gasteiger partial charge in [0, 0.05) is 32.3 Å². The molecule has 0 fully saturated rings. The summed E-state index contributed by atoms with van der Waals surface area (Å²) in [6.45, 7) is 0. The zero-order valence-corrected chi connectivity index (χ0v) is 37.6. The molecule has 6 aromatic carbocycles. The molecule has 0 saturated heterocycles. The summed E-state index contributed by atoms with van der Waals surface area (Å²) in [6.07, 6.45) is 0. The molecule has 0 spiro atoms. The van der Waals surface area contributed by atoms with Crippen LogP contribution < -0.4 is 0 Å². The molecular weight excluding hydrogens is 1070 g/mol. The molecule has 0 aliphatic rings. The zero-order valence-electron chi connectivity index (χ0n) is 33.0. The lowest BCUT2D eigenvalue weighted by Crippen LogP contribution is -2.20. The topological polar surface area (TPSA) is 385 Å². The summed E-state index contributed by atoms with van der Waals surface area (Å²) >= 11 is 37.1. The highest BCUT2D eigenvalue weighted by Gasteiger charge is 2.37. The summed E-state index contributed by atoms with van der Waals surface area (Å²) in [5.41, 5.74) is -13.7.